The minimum atomic E-state index is -0.353. The molecule has 2 N–H and O–H groups in total. The van der Waals surface area contributed by atoms with Crippen molar-refractivity contribution in [2.45, 2.75) is 18.9 Å². The predicted octanol–water partition coefficient (Wildman–Crippen LogP) is -1.28. The van der Waals surface area contributed by atoms with Gasteiger partial charge in [-0.25, -0.2) is 0 Å². The third-order valence-corrected chi connectivity index (χ3v) is 2.58. The van der Waals surface area contributed by atoms with Crippen molar-refractivity contribution in [2.24, 2.45) is 13.0 Å². The van der Waals surface area contributed by atoms with Crippen molar-refractivity contribution in [3.8, 4) is 0 Å². The second kappa shape index (κ2) is 4.02. The summed E-state index contributed by atoms with van der Waals surface area (Å²) in [6.45, 7) is 1.89. The molecule has 1 aliphatic rings. The molecule has 0 radical (unpaired) electrons. The number of aliphatic hydroxyl groups excluding tert-OH is 1. The van der Waals surface area contributed by atoms with Crippen LogP contribution in [0.5, 0.6) is 0 Å². The first-order valence-corrected chi connectivity index (χ1v) is 4.87. The van der Waals surface area contributed by atoms with Crippen LogP contribution < -0.4 is 5.32 Å². The van der Waals surface area contributed by atoms with E-state index < -0.39 is 0 Å². The van der Waals surface area contributed by atoms with Crippen LogP contribution in [-0.2, 0) is 13.5 Å². The summed E-state index contributed by atoms with van der Waals surface area (Å²) < 4.78 is 0. The van der Waals surface area contributed by atoms with Crippen molar-refractivity contribution < 1.29 is 5.11 Å². The standard InChI is InChI=1S/C8H15N5O/c1-13-11-8(10-12-13)4-7(14)6-2-3-9-5-6/h6-7,9,14H,2-5H2,1H3/t6-,7?/m0/s1. The Morgan fingerprint density at radius 2 is 2.57 bits per heavy atom. The third-order valence-electron chi connectivity index (χ3n) is 2.58. The van der Waals surface area contributed by atoms with E-state index in [2.05, 4.69) is 20.7 Å². The first-order valence-electron chi connectivity index (χ1n) is 4.87. The number of tetrazole rings is 1. The maximum absolute atomic E-state index is 9.85. The van der Waals surface area contributed by atoms with Crippen LogP contribution in [-0.4, -0.2) is 44.5 Å². The largest absolute Gasteiger partial charge is 0.392 e. The van der Waals surface area contributed by atoms with Gasteiger partial charge in [0.05, 0.1) is 13.2 Å². The van der Waals surface area contributed by atoms with E-state index >= 15 is 0 Å². The summed E-state index contributed by atoms with van der Waals surface area (Å²) in [7, 11) is 1.72. The highest BCUT2D eigenvalue weighted by Crippen LogP contribution is 2.14. The zero-order valence-electron chi connectivity index (χ0n) is 8.22. The van der Waals surface area contributed by atoms with Gasteiger partial charge in [-0.2, -0.15) is 4.80 Å². The molecule has 0 aliphatic carbocycles. The molecule has 0 saturated carbocycles. The molecule has 2 heterocycles. The lowest BCUT2D eigenvalue weighted by atomic mass is 9.99. The molecule has 0 bridgehead atoms. The smallest absolute Gasteiger partial charge is 0.177 e. The van der Waals surface area contributed by atoms with Crippen molar-refractivity contribution in [2.75, 3.05) is 13.1 Å². The van der Waals surface area contributed by atoms with Crippen LogP contribution in [0.25, 0.3) is 0 Å². The van der Waals surface area contributed by atoms with Gasteiger partial charge < -0.3 is 10.4 Å². The summed E-state index contributed by atoms with van der Waals surface area (Å²) in [4.78, 5) is 1.41. The molecule has 0 aromatic carbocycles. The molecule has 78 valence electrons. The van der Waals surface area contributed by atoms with Crippen LogP contribution >= 0.6 is 0 Å². The Kier molecular flexibility index (Phi) is 2.74. The van der Waals surface area contributed by atoms with Gasteiger partial charge in [0, 0.05) is 13.0 Å². The molecule has 1 aromatic heterocycles. The van der Waals surface area contributed by atoms with Crippen molar-refractivity contribution in [1.29, 1.82) is 0 Å². The monoisotopic (exact) mass is 197 g/mol. The molecule has 1 saturated heterocycles. The van der Waals surface area contributed by atoms with Crippen molar-refractivity contribution in [3.05, 3.63) is 5.82 Å². The molecule has 0 spiro atoms. The fraction of sp³-hybridized carbons (Fsp3) is 0.875. The summed E-state index contributed by atoms with van der Waals surface area (Å²) in [5, 5.41) is 24.7. The van der Waals surface area contributed by atoms with Gasteiger partial charge in [0.25, 0.3) is 0 Å². The predicted molar refractivity (Wildman–Crippen MR) is 49.5 cm³/mol. The fourth-order valence-electron chi connectivity index (χ4n) is 1.76. The topological polar surface area (TPSA) is 75.9 Å². The van der Waals surface area contributed by atoms with Gasteiger partial charge in [-0.15, -0.1) is 10.2 Å². The molecule has 0 amide bonds. The number of hydrogen-bond acceptors (Lipinski definition) is 5. The molecule has 14 heavy (non-hydrogen) atoms. The Hall–Kier alpha value is -1.01. The summed E-state index contributed by atoms with van der Waals surface area (Å²) >= 11 is 0. The summed E-state index contributed by atoms with van der Waals surface area (Å²) in [6, 6.07) is 0. The highest BCUT2D eigenvalue weighted by Gasteiger charge is 2.24. The Bertz CT molecular complexity index is 294. The van der Waals surface area contributed by atoms with E-state index in [1.807, 2.05) is 0 Å². The molecule has 2 rings (SSSR count). The SMILES string of the molecule is Cn1nnc(CC(O)[C@H]2CCNC2)n1. The van der Waals surface area contributed by atoms with E-state index in [1.165, 1.54) is 4.80 Å². The van der Waals surface area contributed by atoms with Crippen LogP contribution in [0.15, 0.2) is 0 Å². The fourth-order valence-corrected chi connectivity index (χ4v) is 1.76. The number of aromatic nitrogens is 4. The van der Waals surface area contributed by atoms with Crippen molar-refractivity contribution >= 4 is 0 Å². The van der Waals surface area contributed by atoms with Gasteiger partial charge in [-0.1, -0.05) is 0 Å². The average Bonchev–Trinajstić information content (AvgIpc) is 2.75. The normalized spacial score (nSPS) is 24.0. The lowest BCUT2D eigenvalue weighted by molar-refractivity contribution is 0.115. The number of aryl methyl sites for hydroxylation is 1. The quantitative estimate of drug-likeness (QED) is 0.631. The van der Waals surface area contributed by atoms with E-state index in [4.69, 9.17) is 0 Å². The van der Waals surface area contributed by atoms with Crippen LogP contribution in [0.2, 0.25) is 0 Å². The summed E-state index contributed by atoms with van der Waals surface area (Å²) in [5.74, 6) is 0.950. The number of hydrogen-bond donors (Lipinski definition) is 2. The second-order valence-corrected chi connectivity index (χ2v) is 3.72. The lowest BCUT2D eigenvalue weighted by Crippen LogP contribution is -2.25. The van der Waals surface area contributed by atoms with Crippen LogP contribution in [0.1, 0.15) is 12.2 Å². The second-order valence-electron chi connectivity index (χ2n) is 3.72. The maximum atomic E-state index is 9.85. The van der Waals surface area contributed by atoms with E-state index in [0.29, 0.717) is 18.2 Å². The number of nitrogens with one attached hydrogen (secondary N) is 1. The highest BCUT2D eigenvalue weighted by molar-refractivity contribution is 4.86. The first kappa shape index (κ1) is 9.54. The molecule has 6 nitrogen and oxygen atoms in total. The molecule has 1 fully saturated rings. The van der Waals surface area contributed by atoms with E-state index in [-0.39, 0.29) is 6.10 Å². The first-order chi connectivity index (χ1) is 6.75. The molecule has 1 aromatic rings. The molecule has 1 aliphatic heterocycles. The summed E-state index contributed by atoms with van der Waals surface area (Å²) in [5.41, 5.74) is 0. The Balaban J connectivity index is 1.90. The number of nitrogens with zero attached hydrogens (tertiary/aromatic N) is 4. The van der Waals surface area contributed by atoms with Gasteiger partial charge >= 0.3 is 0 Å². The van der Waals surface area contributed by atoms with E-state index in [9.17, 15) is 5.11 Å². The average molecular weight is 197 g/mol. The Morgan fingerprint density at radius 3 is 3.14 bits per heavy atom. The molecular formula is C8H15N5O. The van der Waals surface area contributed by atoms with Gasteiger partial charge in [-0.3, -0.25) is 0 Å². The Morgan fingerprint density at radius 1 is 1.71 bits per heavy atom. The minimum Gasteiger partial charge on any atom is -0.392 e. The van der Waals surface area contributed by atoms with Gasteiger partial charge in [0.2, 0.25) is 0 Å². The van der Waals surface area contributed by atoms with E-state index in [0.717, 1.165) is 19.5 Å². The van der Waals surface area contributed by atoms with E-state index in [1.54, 1.807) is 7.05 Å². The van der Waals surface area contributed by atoms with Crippen molar-refractivity contribution in [1.82, 2.24) is 25.5 Å². The van der Waals surface area contributed by atoms with Gasteiger partial charge in [0.1, 0.15) is 0 Å². The molecule has 1 unspecified atom stereocenters. The van der Waals surface area contributed by atoms with Crippen molar-refractivity contribution in [3.63, 3.8) is 0 Å². The molecule has 2 atom stereocenters. The third kappa shape index (κ3) is 2.08. The minimum absolute atomic E-state index is 0.332. The summed E-state index contributed by atoms with van der Waals surface area (Å²) in [6.07, 6.45) is 1.18. The highest BCUT2D eigenvalue weighted by atomic mass is 16.3. The maximum Gasteiger partial charge on any atom is 0.177 e. The molecular weight excluding hydrogens is 182 g/mol. The van der Waals surface area contributed by atoms with Crippen LogP contribution in [0.3, 0.4) is 0 Å². The Labute approximate surface area is 82.3 Å². The lowest BCUT2D eigenvalue weighted by Gasteiger charge is -2.14. The zero-order valence-corrected chi connectivity index (χ0v) is 8.22. The van der Waals surface area contributed by atoms with Gasteiger partial charge in [0.15, 0.2) is 5.82 Å². The number of aliphatic hydroxyl groups is 1. The van der Waals surface area contributed by atoms with Crippen LogP contribution in [0.4, 0.5) is 0 Å². The van der Waals surface area contributed by atoms with Crippen LogP contribution in [0, 0.1) is 5.92 Å². The van der Waals surface area contributed by atoms with Gasteiger partial charge in [-0.05, 0) is 24.1 Å². The number of rotatable bonds is 3. The zero-order chi connectivity index (χ0) is 9.97. The molecule has 6 heteroatoms.